The summed E-state index contributed by atoms with van der Waals surface area (Å²) in [6.07, 6.45) is 0. The van der Waals surface area contributed by atoms with E-state index in [4.69, 9.17) is 0 Å². The first-order valence-corrected chi connectivity index (χ1v) is 6.12. The molecule has 0 heterocycles. The molecule has 2 N–H and O–H groups in total. The Kier molecular flexibility index (Phi) is 5.09. The van der Waals surface area contributed by atoms with Gasteiger partial charge < -0.3 is 10.6 Å². The molecular weight excluding hydrogens is 215 g/mol. The number of hydrogen-bond donors (Lipinski definition) is 2. The summed E-state index contributed by atoms with van der Waals surface area (Å²) in [7, 11) is 0. The van der Waals surface area contributed by atoms with Crippen LogP contribution in [-0.4, -0.2) is 18.6 Å². The van der Waals surface area contributed by atoms with Crippen molar-refractivity contribution in [2.24, 2.45) is 0 Å². The first kappa shape index (κ1) is 14.1. The van der Waals surface area contributed by atoms with Crippen LogP contribution in [0.25, 0.3) is 0 Å². The molecule has 0 saturated carbocycles. The molecule has 0 aromatic heterocycles. The van der Waals surface area contributed by atoms with Crippen LogP contribution in [0.1, 0.15) is 39.3 Å². The van der Waals surface area contributed by atoms with Crippen molar-refractivity contribution < 1.29 is 4.39 Å². The Hall–Kier alpha value is -0.930. The van der Waals surface area contributed by atoms with Gasteiger partial charge in [-0.15, -0.1) is 0 Å². The Labute approximate surface area is 104 Å². The molecule has 0 saturated heterocycles. The van der Waals surface area contributed by atoms with Crippen molar-refractivity contribution in [2.75, 3.05) is 13.1 Å². The first-order chi connectivity index (χ1) is 7.88. The molecule has 0 radical (unpaired) electrons. The predicted molar refractivity (Wildman–Crippen MR) is 70.6 cm³/mol. The zero-order valence-corrected chi connectivity index (χ0v) is 11.2. The van der Waals surface area contributed by atoms with E-state index in [0.29, 0.717) is 0 Å². The van der Waals surface area contributed by atoms with Crippen LogP contribution in [-0.2, 0) is 0 Å². The monoisotopic (exact) mass is 238 g/mol. The van der Waals surface area contributed by atoms with Gasteiger partial charge in [-0.3, -0.25) is 0 Å². The number of nitrogens with one attached hydrogen (secondary N) is 2. The fourth-order valence-corrected chi connectivity index (χ4v) is 1.62. The van der Waals surface area contributed by atoms with Crippen LogP contribution in [0.15, 0.2) is 24.3 Å². The second-order valence-electron chi connectivity index (χ2n) is 5.41. The third-order valence-electron chi connectivity index (χ3n) is 2.58. The average molecular weight is 238 g/mol. The van der Waals surface area contributed by atoms with E-state index in [1.807, 2.05) is 13.0 Å². The second kappa shape index (κ2) is 6.12. The maximum atomic E-state index is 13.0. The molecule has 1 rings (SSSR count). The van der Waals surface area contributed by atoms with E-state index in [0.717, 1.165) is 18.7 Å². The smallest absolute Gasteiger partial charge is 0.123 e. The quantitative estimate of drug-likeness (QED) is 0.771. The lowest BCUT2D eigenvalue weighted by atomic mass is 10.1. The topological polar surface area (TPSA) is 24.1 Å². The molecule has 0 aliphatic rings. The molecule has 1 atom stereocenters. The highest BCUT2D eigenvalue weighted by Gasteiger charge is 2.08. The van der Waals surface area contributed by atoms with Crippen molar-refractivity contribution in [3.05, 3.63) is 35.6 Å². The van der Waals surface area contributed by atoms with Crippen molar-refractivity contribution >= 4 is 0 Å². The van der Waals surface area contributed by atoms with Crippen molar-refractivity contribution in [3.63, 3.8) is 0 Å². The lowest BCUT2D eigenvalue weighted by Gasteiger charge is -2.22. The second-order valence-corrected chi connectivity index (χ2v) is 5.41. The van der Waals surface area contributed by atoms with Gasteiger partial charge in [0, 0.05) is 24.7 Å². The summed E-state index contributed by atoms with van der Waals surface area (Å²) < 4.78 is 13.0. The minimum absolute atomic E-state index is 0.143. The van der Waals surface area contributed by atoms with Gasteiger partial charge in [0.2, 0.25) is 0 Å². The molecule has 1 aromatic rings. The summed E-state index contributed by atoms with van der Waals surface area (Å²) in [5, 5.41) is 6.77. The maximum absolute atomic E-state index is 13.0. The Morgan fingerprint density at radius 3 is 2.53 bits per heavy atom. The normalized spacial score (nSPS) is 13.7. The molecule has 2 nitrogen and oxygen atoms in total. The largest absolute Gasteiger partial charge is 0.311 e. The zero-order valence-electron chi connectivity index (χ0n) is 11.2. The van der Waals surface area contributed by atoms with Crippen molar-refractivity contribution in [3.8, 4) is 0 Å². The predicted octanol–water partition coefficient (Wildman–Crippen LogP) is 2.86. The van der Waals surface area contributed by atoms with Gasteiger partial charge in [-0.25, -0.2) is 4.39 Å². The lowest BCUT2D eigenvalue weighted by Crippen LogP contribution is -2.40. The highest BCUT2D eigenvalue weighted by atomic mass is 19.1. The Bertz CT molecular complexity index is 344. The number of halogens is 1. The van der Waals surface area contributed by atoms with Gasteiger partial charge in [0.1, 0.15) is 5.82 Å². The van der Waals surface area contributed by atoms with Gasteiger partial charge in [-0.2, -0.15) is 0 Å². The number of rotatable bonds is 5. The molecule has 0 spiro atoms. The molecular formula is C14H23FN2. The molecule has 0 bridgehead atoms. The molecule has 3 heteroatoms. The Balaban J connectivity index is 2.33. The average Bonchev–Trinajstić information content (AvgIpc) is 2.23. The summed E-state index contributed by atoms with van der Waals surface area (Å²) in [5.41, 5.74) is 1.13. The van der Waals surface area contributed by atoms with Crippen LogP contribution in [0, 0.1) is 5.82 Å². The van der Waals surface area contributed by atoms with E-state index in [2.05, 4.69) is 31.4 Å². The van der Waals surface area contributed by atoms with E-state index in [9.17, 15) is 4.39 Å². The van der Waals surface area contributed by atoms with E-state index >= 15 is 0 Å². The summed E-state index contributed by atoms with van der Waals surface area (Å²) in [4.78, 5) is 0. The molecule has 0 amide bonds. The summed E-state index contributed by atoms with van der Waals surface area (Å²) >= 11 is 0. The van der Waals surface area contributed by atoms with Crippen LogP contribution >= 0.6 is 0 Å². The van der Waals surface area contributed by atoms with Gasteiger partial charge in [0.15, 0.2) is 0 Å². The zero-order chi connectivity index (χ0) is 12.9. The molecule has 0 fully saturated rings. The number of benzene rings is 1. The van der Waals surface area contributed by atoms with Crippen molar-refractivity contribution in [2.45, 2.75) is 39.3 Å². The number of hydrogen-bond acceptors (Lipinski definition) is 2. The Morgan fingerprint density at radius 1 is 1.24 bits per heavy atom. The van der Waals surface area contributed by atoms with Gasteiger partial charge >= 0.3 is 0 Å². The Morgan fingerprint density at radius 2 is 1.94 bits per heavy atom. The molecule has 96 valence electrons. The molecule has 1 unspecified atom stereocenters. The third kappa shape index (κ3) is 5.80. The van der Waals surface area contributed by atoms with Crippen molar-refractivity contribution in [1.82, 2.24) is 10.6 Å². The SMILES string of the molecule is CC(NCCNC(C)(C)C)c1cccc(F)c1. The standard InChI is InChI=1S/C14H23FN2/c1-11(12-6-5-7-13(15)10-12)16-8-9-17-14(2,3)4/h5-7,10-11,16-17H,8-9H2,1-4H3. The highest BCUT2D eigenvalue weighted by Crippen LogP contribution is 2.12. The molecule has 0 aliphatic carbocycles. The van der Waals surface area contributed by atoms with Crippen LogP contribution in [0.5, 0.6) is 0 Å². The fraction of sp³-hybridized carbons (Fsp3) is 0.571. The molecule has 17 heavy (non-hydrogen) atoms. The van der Waals surface area contributed by atoms with Crippen LogP contribution in [0.2, 0.25) is 0 Å². The van der Waals surface area contributed by atoms with E-state index in [1.165, 1.54) is 6.07 Å². The van der Waals surface area contributed by atoms with Crippen LogP contribution < -0.4 is 10.6 Å². The van der Waals surface area contributed by atoms with Gasteiger partial charge in [-0.05, 0) is 45.4 Å². The summed E-state index contributed by atoms with van der Waals surface area (Å²) in [6, 6.07) is 6.91. The first-order valence-electron chi connectivity index (χ1n) is 6.12. The maximum Gasteiger partial charge on any atom is 0.123 e. The third-order valence-corrected chi connectivity index (χ3v) is 2.58. The lowest BCUT2D eigenvalue weighted by molar-refractivity contribution is 0.414. The van der Waals surface area contributed by atoms with Gasteiger partial charge in [-0.1, -0.05) is 12.1 Å². The van der Waals surface area contributed by atoms with E-state index < -0.39 is 0 Å². The van der Waals surface area contributed by atoms with Crippen LogP contribution in [0.4, 0.5) is 4.39 Å². The minimum atomic E-state index is -0.177. The summed E-state index contributed by atoms with van der Waals surface area (Å²) in [6.45, 7) is 10.2. The van der Waals surface area contributed by atoms with Gasteiger partial charge in [0.25, 0.3) is 0 Å². The molecule has 0 aliphatic heterocycles. The van der Waals surface area contributed by atoms with Crippen LogP contribution in [0.3, 0.4) is 0 Å². The fourth-order valence-electron chi connectivity index (χ4n) is 1.62. The van der Waals surface area contributed by atoms with Crippen molar-refractivity contribution in [1.29, 1.82) is 0 Å². The minimum Gasteiger partial charge on any atom is -0.311 e. The van der Waals surface area contributed by atoms with E-state index in [1.54, 1.807) is 12.1 Å². The summed E-state index contributed by atoms with van der Waals surface area (Å²) in [5.74, 6) is -0.177. The van der Waals surface area contributed by atoms with E-state index in [-0.39, 0.29) is 17.4 Å². The highest BCUT2D eigenvalue weighted by molar-refractivity contribution is 5.19. The molecule has 1 aromatic carbocycles. The van der Waals surface area contributed by atoms with Gasteiger partial charge in [0.05, 0.1) is 0 Å².